The van der Waals surface area contributed by atoms with Crippen molar-refractivity contribution in [2.24, 2.45) is 0 Å². The summed E-state index contributed by atoms with van der Waals surface area (Å²) >= 11 is 1.38. The van der Waals surface area contributed by atoms with Crippen molar-refractivity contribution in [1.29, 1.82) is 0 Å². The van der Waals surface area contributed by atoms with E-state index < -0.39 is 0 Å². The molecule has 0 aliphatic rings. The fourth-order valence-corrected chi connectivity index (χ4v) is 3.03. The summed E-state index contributed by atoms with van der Waals surface area (Å²) in [7, 11) is 1.61. The van der Waals surface area contributed by atoms with Crippen LogP contribution in [0.2, 0.25) is 0 Å². The number of nitrogens with zero attached hydrogens (tertiary/aromatic N) is 3. The zero-order valence-corrected chi connectivity index (χ0v) is 14.8. The highest BCUT2D eigenvalue weighted by Crippen LogP contribution is 2.25. The maximum Gasteiger partial charge on any atom is 0.259 e. The van der Waals surface area contributed by atoms with Gasteiger partial charge in [0.1, 0.15) is 10.8 Å². The van der Waals surface area contributed by atoms with Gasteiger partial charge in [-0.2, -0.15) is 0 Å². The van der Waals surface area contributed by atoms with Crippen LogP contribution >= 0.6 is 11.3 Å². The molecule has 0 bridgehead atoms. The first kappa shape index (κ1) is 16.3. The van der Waals surface area contributed by atoms with Crippen LogP contribution in [-0.2, 0) is 0 Å². The Kier molecular flexibility index (Phi) is 4.44. The summed E-state index contributed by atoms with van der Waals surface area (Å²) in [6.07, 6.45) is 0. The Balaban J connectivity index is 1.91. The molecule has 3 aromatic rings. The number of ether oxygens (including phenoxy) is 1. The number of pyridine rings is 1. The third kappa shape index (κ3) is 3.21. The number of hydrogen-bond donors (Lipinski definition) is 1. The lowest BCUT2D eigenvalue weighted by Gasteiger charge is -2.08. The molecule has 0 radical (unpaired) electrons. The van der Waals surface area contributed by atoms with Crippen LogP contribution in [0, 0.1) is 6.92 Å². The first-order chi connectivity index (χ1) is 11.5. The molecule has 24 heavy (non-hydrogen) atoms. The molecule has 0 aliphatic carbocycles. The number of benzene rings is 1. The molecule has 0 atom stereocenters. The first-order valence-corrected chi connectivity index (χ1v) is 8.39. The monoisotopic (exact) mass is 342 g/mol. The molecule has 0 aliphatic heterocycles. The Bertz CT molecular complexity index is 905. The summed E-state index contributed by atoms with van der Waals surface area (Å²) in [6, 6.07) is 7.41. The van der Waals surface area contributed by atoms with E-state index in [2.05, 4.69) is 20.5 Å². The standard InChI is InChI=1S/C17H18N4O2S/c1-9(2)16-20-21-17(24-16)19-15(22)13-8-11-7-12(23-4)5-6-14(11)18-10(13)3/h5-9H,1-4H3,(H,19,21,22). The van der Waals surface area contributed by atoms with Gasteiger partial charge in [-0.1, -0.05) is 25.2 Å². The van der Waals surface area contributed by atoms with Gasteiger partial charge in [-0.05, 0) is 31.2 Å². The van der Waals surface area contributed by atoms with Crippen molar-refractivity contribution in [3.8, 4) is 5.75 Å². The van der Waals surface area contributed by atoms with Crippen molar-refractivity contribution in [2.75, 3.05) is 12.4 Å². The van der Waals surface area contributed by atoms with Crippen LogP contribution in [0.5, 0.6) is 5.75 Å². The third-order valence-electron chi connectivity index (χ3n) is 3.61. The van der Waals surface area contributed by atoms with E-state index in [0.29, 0.717) is 16.4 Å². The van der Waals surface area contributed by atoms with Gasteiger partial charge in [0, 0.05) is 11.3 Å². The molecule has 1 N–H and O–H groups in total. The SMILES string of the molecule is COc1ccc2nc(C)c(C(=O)Nc3nnc(C(C)C)s3)cc2c1. The number of hydrogen-bond acceptors (Lipinski definition) is 6. The Morgan fingerprint density at radius 3 is 2.71 bits per heavy atom. The molecule has 124 valence electrons. The molecule has 0 spiro atoms. The number of nitrogens with one attached hydrogen (secondary N) is 1. The Morgan fingerprint density at radius 1 is 1.25 bits per heavy atom. The minimum Gasteiger partial charge on any atom is -0.497 e. The molecule has 6 nitrogen and oxygen atoms in total. The summed E-state index contributed by atoms with van der Waals surface area (Å²) < 4.78 is 5.23. The molecule has 0 saturated carbocycles. The van der Waals surface area contributed by atoms with Crippen LogP contribution in [-0.4, -0.2) is 28.2 Å². The quantitative estimate of drug-likeness (QED) is 0.781. The van der Waals surface area contributed by atoms with Crippen LogP contribution in [0.1, 0.15) is 40.8 Å². The smallest absolute Gasteiger partial charge is 0.259 e. The normalized spacial score (nSPS) is 11.0. The van der Waals surface area contributed by atoms with Crippen molar-refractivity contribution in [3.63, 3.8) is 0 Å². The molecular formula is C17H18N4O2S. The summed E-state index contributed by atoms with van der Waals surface area (Å²) in [5.41, 5.74) is 2.00. The fourth-order valence-electron chi connectivity index (χ4n) is 2.29. The van der Waals surface area contributed by atoms with Crippen LogP contribution in [0.4, 0.5) is 5.13 Å². The number of rotatable bonds is 4. The van der Waals surface area contributed by atoms with Gasteiger partial charge >= 0.3 is 0 Å². The van der Waals surface area contributed by atoms with E-state index in [4.69, 9.17) is 4.74 Å². The van der Waals surface area contributed by atoms with Crippen LogP contribution < -0.4 is 10.1 Å². The van der Waals surface area contributed by atoms with Gasteiger partial charge in [-0.25, -0.2) is 0 Å². The first-order valence-electron chi connectivity index (χ1n) is 7.58. The number of anilines is 1. The molecule has 0 fully saturated rings. The lowest BCUT2D eigenvalue weighted by molar-refractivity contribution is 0.102. The lowest BCUT2D eigenvalue weighted by Crippen LogP contribution is -2.14. The van der Waals surface area contributed by atoms with E-state index in [0.717, 1.165) is 21.7 Å². The topological polar surface area (TPSA) is 77.0 Å². The second-order valence-corrected chi connectivity index (χ2v) is 6.74. The van der Waals surface area contributed by atoms with Crippen molar-refractivity contribution >= 4 is 33.3 Å². The van der Waals surface area contributed by atoms with E-state index >= 15 is 0 Å². The van der Waals surface area contributed by atoms with Crippen molar-refractivity contribution in [1.82, 2.24) is 15.2 Å². The minimum atomic E-state index is -0.240. The number of carbonyl (C=O) groups is 1. The van der Waals surface area contributed by atoms with Gasteiger partial charge in [-0.3, -0.25) is 15.1 Å². The molecule has 0 saturated heterocycles. The molecule has 2 heterocycles. The molecule has 0 unspecified atom stereocenters. The zero-order valence-electron chi connectivity index (χ0n) is 14.0. The number of amides is 1. The second-order valence-electron chi connectivity index (χ2n) is 5.73. The number of carbonyl (C=O) groups excluding carboxylic acids is 1. The average molecular weight is 342 g/mol. The number of aromatic nitrogens is 3. The molecule has 7 heteroatoms. The van der Waals surface area contributed by atoms with Crippen molar-refractivity contribution in [2.45, 2.75) is 26.7 Å². The average Bonchev–Trinajstić information content (AvgIpc) is 3.02. The maximum atomic E-state index is 12.6. The van der Waals surface area contributed by atoms with E-state index in [1.165, 1.54) is 11.3 Å². The van der Waals surface area contributed by atoms with Crippen molar-refractivity contribution in [3.05, 3.63) is 40.5 Å². The van der Waals surface area contributed by atoms with Gasteiger partial charge in [0.05, 0.1) is 23.9 Å². The van der Waals surface area contributed by atoms with Gasteiger partial charge in [0.15, 0.2) is 0 Å². The molecule has 1 amide bonds. The van der Waals surface area contributed by atoms with E-state index in [1.54, 1.807) is 7.11 Å². The second kappa shape index (κ2) is 6.52. The highest BCUT2D eigenvalue weighted by atomic mass is 32.1. The highest BCUT2D eigenvalue weighted by molar-refractivity contribution is 7.15. The van der Waals surface area contributed by atoms with Gasteiger partial charge in [-0.15, -0.1) is 10.2 Å². The Morgan fingerprint density at radius 2 is 2.04 bits per heavy atom. The summed E-state index contributed by atoms with van der Waals surface area (Å²) in [5.74, 6) is 0.770. The van der Waals surface area contributed by atoms with E-state index in [1.807, 2.05) is 45.0 Å². The summed E-state index contributed by atoms with van der Waals surface area (Å²) in [4.78, 5) is 17.1. The number of fused-ring (bicyclic) bond motifs is 1. The van der Waals surface area contributed by atoms with E-state index in [-0.39, 0.29) is 11.8 Å². The highest BCUT2D eigenvalue weighted by Gasteiger charge is 2.15. The fraction of sp³-hybridized carbons (Fsp3) is 0.294. The van der Waals surface area contributed by atoms with Crippen LogP contribution in [0.3, 0.4) is 0 Å². The van der Waals surface area contributed by atoms with Gasteiger partial charge in [0.2, 0.25) is 5.13 Å². The Labute approximate surface area is 143 Å². The van der Waals surface area contributed by atoms with Gasteiger partial charge < -0.3 is 4.74 Å². The summed E-state index contributed by atoms with van der Waals surface area (Å²) in [5, 5.41) is 13.1. The molecular weight excluding hydrogens is 324 g/mol. The number of methoxy groups -OCH3 is 1. The van der Waals surface area contributed by atoms with Crippen LogP contribution in [0.15, 0.2) is 24.3 Å². The molecule has 1 aromatic carbocycles. The lowest BCUT2D eigenvalue weighted by atomic mass is 10.1. The van der Waals surface area contributed by atoms with Gasteiger partial charge in [0.25, 0.3) is 5.91 Å². The van der Waals surface area contributed by atoms with E-state index in [9.17, 15) is 4.79 Å². The zero-order chi connectivity index (χ0) is 17.3. The number of aryl methyl sites for hydroxylation is 1. The third-order valence-corrected chi connectivity index (χ3v) is 4.75. The Hall–Kier alpha value is -2.54. The predicted molar refractivity (Wildman–Crippen MR) is 95.0 cm³/mol. The van der Waals surface area contributed by atoms with Crippen LogP contribution in [0.25, 0.3) is 10.9 Å². The maximum absolute atomic E-state index is 12.6. The van der Waals surface area contributed by atoms with Crippen molar-refractivity contribution < 1.29 is 9.53 Å². The summed E-state index contributed by atoms with van der Waals surface area (Å²) in [6.45, 7) is 5.89. The minimum absolute atomic E-state index is 0.240. The largest absolute Gasteiger partial charge is 0.497 e. The molecule has 2 aromatic heterocycles. The molecule has 3 rings (SSSR count). The predicted octanol–water partition coefficient (Wildman–Crippen LogP) is 3.78.